The Labute approximate surface area is 115 Å². The summed E-state index contributed by atoms with van der Waals surface area (Å²) in [6.07, 6.45) is 3.35. The highest BCUT2D eigenvalue weighted by Crippen LogP contribution is 2.03. The molecule has 1 aromatic rings. The van der Waals surface area contributed by atoms with E-state index < -0.39 is 16.3 Å². The number of hydrogen-bond acceptors (Lipinski definition) is 6. The first kappa shape index (κ1) is 16.3. The normalized spacial score (nSPS) is 13.3. The fourth-order valence-electron chi connectivity index (χ4n) is 1.88. The van der Waals surface area contributed by atoms with Gasteiger partial charge in [0.25, 0.3) is 11.7 Å². The van der Waals surface area contributed by atoms with Gasteiger partial charge in [0.2, 0.25) is 10.4 Å². The zero-order valence-electron chi connectivity index (χ0n) is 11.0. The number of fused-ring (bicyclic) bond motifs is 1. The van der Waals surface area contributed by atoms with Crippen LogP contribution in [0.4, 0.5) is 0 Å². The molecular weight excluding hydrogens is 290 g/mol. The fraction of sp³-hybridized carbons (Fsp3) is 0.500. The standard InChI is InChI=1S/C9H11N3O2.CH4O4S/c1-11-5-6(8(10)13)9(14)12-4-2-3-7(11)12;1-5-6(2,3)4/h5H,2-4H2,1H3,(H-,10,13);1H3,(H,2,3,4). The number of carbonyl (C=O) groups excluding carboxylic acids is 1. The Morgan fingerprint density at radius 2 is 2.10 bits per heavy atom. The maximum atomic E-state index is 11.7. The van der Waals surface area contributed by atoms with Crippen LogP contribution in [0.25, 0.3) is 0 Å². The summed E-state index contributed by atoms with van der Waals surface area (Å²) in [4.78, 5) is 22.7. The van der Waals surface area contributed by atoms with Crippen molar-refractivity contribution in [3.63, 3.8) is 0 Å². The van der Waals surface area contributed by atoms with Crippen molar-refractivity contribution in [2.45, 2.75) is 19.4 Å². The average molecular weight is 305 g/mol. The number of carbonyl (C=O) groups is 1. The molecule has 0 aliphatic carbocycles. The molecule has 2 heterocycles. The van der Waals surface area contributed by atoms with E-state index in [1.165, 1.54) is 6.20 Å². The minimum Gasteiger partial charge on any atom is -0.726 e. The lowest BCUT2D eigenvalue weighted by Crippen LogP contribution is -2.54. The molecule has 1 amide bonds. The lowest BCUT2D eigenvalue weighted by atomic mass is 10.3. The third-order valence-corrected chi connectivity index (χ3v) is 3.18. The SMILES string of the molecule is COS(=O)(=O)[O-].Cn1cc(C(N)=O)c(=O)[n+]2c1CCC2. The van der Waals surface area contributed by atoms with Gasteiger partial charge in [0.1, 0.15) is 6.20 Å². The van der Waals surface area contributed by atoms with Crippen LogP contribution in [0.3, 0.4) is 0 Å². The molecule has 2 N–H and O–H groups in total. The Morgan fingerprint density at radius 3 is 2.55 bits per heavy atom. The summed E-state index contributed by atoms with van der Waals surface area (Å²) in [6, 6.07) is 0. The van der Waals surface area contributed by atoms with Crippen molar-refractivity contribution in [2.24, 2.45) is 12.8 Å². The Bertz CT molecular complexity index is 679. The van der Waals surface area contributed by atoms with Crippen molar-refractivity contribution < 1.29 is 26.5 Å². The van der Waals surface area contributed by atoms with Crippen molar-refractivity contribution in [1.82, 2.24) is 4.57 Å². The van der Waals surface area contributed by atoms with Gasteiger partial charge in [-0.1, -0.05) is 0 Å². The van der Waals surface area contributed by atoms with Gasteiger partial charge in [-0.15, -0.1) is 0 Å². The molecule has 20 heavy (non-hydrogen) atoms. The maximum Gasteiger partial charge on any atom is 0.350 e. The Hall–Kier alpha value is -1.78. The predicted molar refractivity (Wildman–Crippen MR) is 65.4 cm³/mol. The van der Waals surface area contributed by atoms with Crippen molar-refractivity contribution in [3.05, 3.63) is 27.9 Å². The Kier molecular flexibility index (Phi) is 4.98. The van der Waals surface area contributed by atoms with Gasteiger partial charge in [0, 0.05) is 0 Å². The van der Waals surface area contributed by atoms with Crippen LogP contribution in [0, 0.1) is 0 Å². The molecule has 1 aliphatic rings. The lowest BCUT2D eigenvalue weighted by molar-refractivity contribution is -0.708. The van der Waals surface area contributed by atoms with Gasteiger partial charge in [0.05, 0.1) is 27.1 Å². The quantitative estimate of drug-likeness (QED) is 0.374. The molecule has 0 unspecified atom stereocenters. The highest BCUT2D eigenvalue weighted by atomic mass is 32.3. The first-order valence-electron chi connectivity index (χ1n) is 5.61. The molecule has 10 heteroatoms. The second kappa shape index (κ2) is 6.11. The summed E-state index contributed by atoms with van der Waals surface area (Å²) < 4.78 is 34.4. The molecule has 0 saturated carbocycles. The van der Waals surface area contributed by atoms with Gasteiger partial charge >= 0.3 is 5.56 Å². The topological polar surface area (TPSA) is 135 Å². The van der Waals surface area contributed by atoms with E-state index in [-0.39, 0.29) is 11.1 Å². The second-order valence-electron chi connectivity index (χ2n) is 4.07. The number of hydrogen-bond donors (Lipinski definition) is 1. The van der Waals surface area contributed by atoms with E-state index in [2.05, 4.69) is 4.18 Å². The molecule has 0 atom stereocenters. The molecule has 2 rings (SSSR count). The zero-order valence-corrected chi connectivity index (χ0v) is 11.8. The summed E-state index contributed by atoms with van der Waals surface area (Å²) in [5.74, 6) is 0.299. The number of nitrogens with two attached hydrogens (primary N) is 1. The molecule has 0 aromatic carbocycles. The van der Waals surface area contributed by atoms with Gasteiger partial charge in [-0.2, -0.15) is 4.57 Å². The van der Waals surface area contributed by atoms with Crippen molar-refractivity contribution >= 4 is 16.3 Å². The number of nitrogens with zero attached hydrogens (tertiary/aromatic N) is 2. The van der Waals surface area contributed by atoms with Gasteiger partial charge in [-0.05, 0) is 6.42 Å². The number of primary amides is 1. The van der Waals surface area contributed by atoms with Crippen LogP contribution in [0.1, 0.15) is 22.6 Å². The third-order valence-electron chi connectivity index (χ3n) is 2.77. The number of rotatable bonds is 2. The monoisotopic (exact) mass is 305 g/mol. The maximum absolute atomic E-state index is 11.7. The highest BCUT2D eigenvalue weighted by Gasteiger charge is 2.26. The minimum atomic E-state index is -4.41. The smallest absolute Gasteiger partial charge is 0.350 e. The summed E-state index contributed by atoms with van der Waals surface area (Å²) in [5.41, 5.74) is 4.92. The number of amides is 1. The van der Waals surface area contributed by atoms with E-state index in [1.54, 1.807) is 9.13 Å². The summed E-state index contributed by atoms with van der Waals surface area (Å²) in [7, 11) is -1.78. The average Bonchev–Trinajstić information content (AvgIpc) is 2.83. The first-order chi connectivity index (χ1) is 9.17. The summed E-state index contributed by atoms with van der Waals surface area (Å²) in [5, 5.41) is 0. The van der Waals surface area contributed by atoms with E-state index >= 15 is 0 Å². The molecule has 0 saturated heterocycles. The zero-order chi connectivity index (χ0) is 15.5. The molecule has 0 spiro atoms. The third kappa shape index (κ3) is 3.85. The minimum absolute atomic E-state index is 0.0677. The molecule has 1 aliphatic heterocycles. The molecule has 112 valence electrons. The van der Waals surface area contributed by atoms with Gasteiger partial charge < -0.3 is 10.3 Å². The van der Waals surface area contributed by atoms with Crippen molar-refractivity contribution in [3.8, 4) is 0 Å². The van der Waals surface area contributed by atoms with Crippen LogP contribution < -0.4 is 15.9 Å². The summed E-state index contributed by atoms with van der Waals surface area (Å²) in [6.45, 7) is 0.684. The molecule has 1 aromatic heterocycles. The van der Waals surface area contributed by atoms with Crippen molar-refractivity contribution in [1.29, 1.82) is 0 Å². The summed E-state index contributed by atoms with van der Waals surface area (Å²) >= 11 is 0. The molecule has 0 fully saturated rings. The van der Waals surface area contributed by atoms with E-state index in [0.29, 0.717) is 6.54 Å². The van der Waals surface area contributed by atoms with Crippen LogP contribution in [-0.4, -0.2) is 30.6 Å². The van der Waals surface area contributed by atoms with Crippen molar-refractivity contribution in [2.75, 3.05) is 7.11 Å². The highest BCUT2D eigenvalue weighted by molar-refractivity contribution is 7.80. The Balaban J connectivity index is 0.000000286. The Morgan fingerprint density at radius 1 is 1.55 bits per heavy atom. The van der Waals surface area contributed by atoms with Crippen LogP contribution in [0.5, 0.6) is 0 Å². The van der Waals surface area contributed by atoms with E-state index in [9.17, 15) is 22.6 Å². The number of aromatic nitrogens is 2. The molecule has 9 nitrogen and oxygen atoms in total. The van der Waals surface area contributed by atoms with Crippen LogP contribution in [-0.2, 0) is 34.6 Å². The van der Waals surface area contributed by atoms with Crippen LogP contribution in [0.2, 0.25) is 0 Å². The first-order valence-corrected chi connectivity index (χ1v) is 6.94. The van der Waals surface area contributed by atoms with E-state index in [4.69, 9.17) is 5.73 Å². The van der Waals surface area contributed by atoms with E-state index in [1.807, 2.05) is 7.05 Å². The lowest BCUT2D eigenvalue weighted by Gasteiger charge is -2.01. The molecular formula is C10H15N3O6S. The molecule has 0 bridgehead atoms. The van der Waals surface area contributed by atoms with Crippen LogP contribution in [0.15, 0.2) is 11.0 Å². The van der Waals surface area contributed by atoms with Gasteiger partial charge in [0.15, 0.2) is 5.56 Å². The predicted octanol–water partition coefficient (Wildman–Crippen LogP) is -2.19. The fourth-order valence-corrected chi connectivity index (χ4v) is 1.88. The van der Waals surface area contributed by atoms with E-state index in [0.717, 1.165) is 25.8 Å². The number of aryl methyl sites for hydroxylation is 1. The second-order valence-corrected chi connectivity index (χ2v) is 5.22. The largest absolute Gasteiger partial charge is 0.726 e. The molecule has 0 radical (unpaired) electrons. The van der Waals surface area contributed by atoms with Crippen LogP contribution >= 0.6 is 0 Å². The van der Waals surface area contributed by atoms with Gasteiger partial charge in [-0.25, -0.2) is 17.8 Å². The van der Waals surface area contributed by atoms with Gasteiger partial charge in [-0.3, -0.25) is 8.98 Å².